The number of carbonyl (C=O) groups excluding carboxylic acids is 6. The number of Topliss-reactive ketones (excluding diaryl/α,β-unsaturated/α-hetero) is 1. The van der Waals surface area contributed by atoms with Crippen molar-refractivity contribution in [2.24, 2.45) is 28.6 Å². The Labute approximate surface area is 306 Å². The molecule has 1 heterocycles. The van der Waals surface area contributed by atoms with Gasteiger partial charge in [0.2, 0.25) is 29.4 Å². The molecular weight excluding hydrogens is 668 g/mol. The van der Waals surface area contributed by atoms with E-state index < -0.39 is 77.2 Å². The molecule has 0 bridgehead atoms. The van der Waals surface area contributed by atoms with E-state index in [2.05, 4.69) is 16.0 Å². The zero-order valence-corrected chi connectivity index (χ0v) is 32.1. The predicted molar refractivity (Wildman–Crippen MR) is 192 cm³/mol. The zero-order chi connectivity index (χ0) is 39.1. The summed E-state index contributed by atoms with van der Waals surface area (Å²) in [6, 6.07) is 4.36. The molecule has 14 heteroatoms. The molecule has 0 radical (unpaired) electrons. The quantitative estimate of drug-likeness (QED) is 0.224. The van der Waals surface area contributed by atoms with E-state index in [1.165, 1.54) is 9.80 Å². The molecule has 1 aromatic rings. The lowest BCUT2D eigenvalue weighted by molar-refractivity contribution is -0.149. The minimum atomic E-state index is -1.25. The molecule has 3 fully saturated rings. The van der Waals surface area contributed by atoms with Gasteiger partial charge in [-0.15, -0.1) is 0 Å². The fourth-order valence-corrected chi connectivity index (χ4v) is 7.61. The van der Waals surface area contributed by atoms with Crippen LogP contribution in [0.5, 0.6) is 0 Å². The number of hydrogen-bond donors (Lipinski definition) is 4. The predicted octanol–water partition coefficient (Wildman–Crippen LogP) is 2.58. The first-order chi connectivity index (χ1) is 24.0. The van der Waals surface area contributed by atoms with Gasteiger partial charge in [-0.25, -0.2) is 4.79 Å². The highest BCUT2D eigenvalue weighted by atomic mass is 16.4. The van der Waals surface area contributed by atoms with Crippen LogP contribution in [0, 0.1) is 28.6 Å². The summed E-state index contributed by atoms with van der Waals surface area (Å²) < 4.78 is 0. The Kier molecular flexibility index (Phi) is 11.5. The molecule has 6 atom stereocenters. The zero-order valence-electron chi connectivity index (χ0n) is 32.1. The average molecular weight is 725 g/mol. The van der Waals surface area contributed by atoms with Crippen LogP contribution in [0.2, 0.25) is 0 Å². The van der Waals surface area contributed by atoms with Crippen LogP contribution in [0.3, 0.4) is 0 Å². The molecule has 6 amide bonds. The van der Waals surface area contributed by atoms with Crippen LogP contribution in [0.4, 0.5) is 4.79 Å². The van der Waals surface area contributed by atoms with Gasteiger partial charge in [-0.2, -0.15) is 0 Å². The number of ketones is 1. The van der Waals surface area contributed by atoms with Crippen molar-refractivity contribution in [3.63, 3.8) is 0 Å². The van der Waals surface area contributed by atoms with Crippen molar-refractivity contribution >= 4 is 41.4 Å². The number of amides is 6. The molecule has 1 aromatic carbocycles. The first-order valence-electron chi connectivity index (χ1n) is 18.0. The maximum absolute atomic E-state index is 14.4. The maximum atomic E-state index is 14.4. The smallest absolute Gasteiger partial charge is 0.408 e. The van der Waals surface area contributed by atoms with Crippen LogP contribution in [-0.2, 0) is 28.8 Å². The number of likely N-dealkylation sites (tertiary alicyclic amines) is 1. The van der Waals surface area contributed by atoms with Crippen molar-refractivity contribution in [1.82, 2.24) is 30.7 Å². The SMILES string of the molecule is CN(C)C(=O)C(NC(=O)CNC(=O)C(=O)C(CC1CC1)NC(=O)C1[C@@H]2[C@H](CN1C(=O)C(N(C(=O)O)C(C)(C)C)C(C)(C)C)C2(C)C)c1ccccc1. The summed E-state index contributed by atoms with van der Waals surface area (Å²) in [4.78, 5) is 97.7. The lowest BCUT2D eigenvalue weighted by Gasteiger charge is -2.46. The third-order valence-corrected chi connectivity index (χ3v) is 10.7. The number of carboxylic acid groups (broad SMARTS) is 1. The molecule has 3 aliphatic rings. The molecule has 4 unspecified atom stereocenters. The summed E-state index contributed by atoms with van der Waals surface area (Å²) in [5.74, 6) is -4.20. The van der Waals surface area contributed by atoms with E-state index in [1.807, 2.05) is 13.8 Å². The van der Waals surface area contributed by atoms with E-state index in [0.717, 1.165) is 17.7 Å². The van der Waals surface area contributed by atoms with Gasteiger partial charge in [-0.1, -0.05) is 77.8 Å². The number of piperidine rings is 1. The number of likely N-dealkylation sites (N-methyl/N-ethyl adjacent to an activating group) is 1. The lowest BCUT2D eigenvalue weighted by Crippen LogP contribution is -2.64. The number of hydrogen-bond acceptors (Lipinski definition) is 7. The van der Waals surface area contributed by atoms with E-state index >= 15 is 0 Å². The fraction of sp³-hybridized carbons (Fsp3) is 0.658. The lowest BCUT2D eigenvalue weighted by atomic mass is 9.82. The second kappa shape index (κ2) is 14.9. The summed E-state index contributed by atoms with van der Waals surface area (Å²) >= 11 is 0. The Bertz CT molecular complexity index is 1580. The molecule has 4 rings (SSSR count). The van der Waals surface area contributed by atoms with Crippen LogP contribution in [0.25, 0.3) is 0 Å². The Hall–Kier alpha value is -4.49. The highest BCUT2D eigenvalue weighted by molar-refractivity contribution is 6.38. The van der Waals surface area contributed by atoms with E-state index in [4.69, 9.17) is 0 Å². The fourth-order valence-electron chi connectivity index (χ4n) is 7.61. The van der Waals surface area contributed by atoms with Gasteiger partial charge in [0, 0.05) is 26.2 Å². The maximum Gasteiger partial charge on any atom is 0.408 e. The summed E-state index contributed by atoms with van der Waals surface area (Å²) in [7, 11) is 3.12. The molecule has 1 saturated heterocycles. The third kappa shape index (κ3) is 8.75. The van der Waals surface area contributed by atoms with E-state index in [-0.39, 0.29) is 42.0 Å². The van der Waals surface area contributed by atoms with E-state index in [1.54, 1.807) is 86.0 Å². The van der Waals surface area contributed by atoms with Crippen molar-refractivity contribution < 1.29 is 38.7 Å². The second-order valence-corrected chi connectivity index (χ2v) is 17.4. The van der Waals surface area contributed by atoms with Gasteiger partial charge in [0.15, 0.2) is 0 Å². The minimum Gasteiger partial charge on any atom is -0.465 e. The highest BCUT2D eigenvalue weighted by Crippen LogP contribution is 2.65. The highest BCUT2D eigenvalue weighted by Gasteiger charge is 2.70. The van der Waals surface area contributed by atoms with Gasteiger partial charge in [0.25, 0.3) is 5.91 Å². The Morgan fingerprint density at radius 3 is 2.04 bits per heavy atom. The van der Waals surface area contributed by atoms with Gasteiger partial charge in [0.1, 0.15) is 18.1 Å². The number of carbonyl (C=O) groups is 7. The molecule has 286 valence electrons. The average Bonchev–Trinajstić information content (AvgIpc) is 3.90. The number of fused-ring (bicyclic) bond motifs is 1. The molecule has 4 N–H and O–H groups in total. The van der Waals surface area contributed by atoms with Crippen molar-refractivity contribution in [1.29, 1.82) is 0 Å². The summed E-state index contributed by atoms with van der Waals surface area (Å²) in [6.07, 6.45) is 0.640. The molecular formula is C38H56N6O8. The van der Waals surface area contributed by atoms with E-state index in [9.17, 15) is 38.7 Å². The van der Waals surface area contributed by atoms with Crippen LogP contribution in [0.15, 0.2) is 30.3 Å². The summed E-state index contributed by atoms with van der Waals surface area (Å²) in [5, 5.41) is 18.0. The Balaban J connectivity index is 1.50. The first kappa shape index (κ1) is 40.3. The second-order valence-electron chi connectivity index (χ2n) is 17.4. The number of rotatable bonds is 13. The van der Waals surface area contributed by atoms with Gasteiger partial charge >= 0.3 is 6.09 Å². The molecule has 1 aliphatic heterocycles. The van der Waals surface area contributed by atoms with Crippen LogP contribution < -0.4 is 16.0 Å². The largest absolute Gasteiger partial charge is 0.465 e. The summed E-state index contributed by atoms with van der Waals surface area (Å²) in [5.41, 5.74) is -1.46. The van der Waals surface area contributed by atoms with Crippen molar-refractivity contribution in [3.05, 3.63) is 35.9 Å². The molecule has 0 aromatic heterocycles. The van der Waals surface area contributed by atoms with Gasteiger partial charge in [0.05, 0.1) is 12.6 Å². The monoisotopic (exact) mass is 724 g/mol. The van der Waals surface area contributed by atoms with Gasteiger partial charge in [-0.3, -0.25) is 33.7 Å². The standard InChI is InChI=1S/C38H56N6O8/c1-36(2,3)30(44(35(51)52)37(4,5)6)34(50)43-20-23-26(38(23,7)8)28(43)31(47)40-24(18-21-16-17-21)29(46)32(48)39-19-25(45)41-27(33(49)42(9)10)22-14-12-11-13-15-22/h11-15,21,23-24,26-28,30H,16-20H2,1-10H3,(H,39,48)(H,40,47)(H,41,45)(H,51,52)/t23-,24?,26-,27?,28?,30?/m0/s1. The molecule has 14 nitrogen and oxygen atoms in total. The van der Waals surface area contributed by atoms with Crippen molar-refractivity contribution in [2.45, 2.75) is 104 Å². The number of benzene rings is 1. The Morgan fingerprint density at radius 1 is 0.942 bits per heavy atom. The first-order valence-corrected chi connectivity index (χ1v) is 18.0. The van der Waals surface area contributed by atoms with Gasteiger partial charge in [-0.05, 0) is 61.3 Å². The molecule has 2 saturated carbocycles. The molecule has 2 aliphatic carbocycles. The normalized spacial score (nSPS) is 22.2. The summed E-state index contributed by atoms with van der Waals surface area (Å²) in [6.45, 7) is 14.2. The van der Waals surface area contributed by atoms with Crippen molar-refractivity contribution in [2.75, 3.05) is 27.2 Å². The minimum absolute atomic E-state index is 0.000725. The van der Waals surface area contributed by atoms with Crippen molar-refractivity contribution in [3.8, 4) is 0 Å². The van der Waals surface area contributed by atoms with Gasteiger partial charge < -0.3 is 30.9 Å². The topological polar surface area (TPSA) is 186 Å². The van der Waals surface area contributed by atoms with E-state index in [0.29, 0.717) is 5.56 Å². The third-order valence-electron chi connectivity index (χ3n) is 10.7. The molecule has 52 heavy (non-hydrogen) atoms. The number of nitrogens with zero attached hydrogens (tertiary/aromatic N) is 3. The molecule has 0 spiro atoms. The van der Waals surface area contributed by atoms with Crippen LogP contribution in [-0.4, -0.2) is 112 Å². The van der Waals surface area contributed by atoms with Crippen LogP contribution in [0.1, 0.15) is 86.3 Å². The van der Waals surface area contributed by atoms with Crippen LogP contribution >= 0.6 is 0 Å². The number of nitrogens with one attached hydrogen (secondary N) is 3. The Morgan fingerprint density at radius 2 is 1.54 bits per heavy atom.